The van der Waals surface area contributed by atoms with Crippen molar-refractivity contribution in [2.24, 2.45) is 7.05 Å². The Balaban J connectivity index is 0.000000552. The number of benzene rings is 1. The molecule has 0 aliphatic carbocycles. The largest absolute Gasteiger partial charge is 0.540 e. The van der Waals surface area contributed by atoms with Gasteiger partial charge in [0.05, 0.1) is 26.3 Å². The van der Waals surface area contributed by atoms with Gasteiger partial charge in [0.2, 0.25) is 0 Å². The molecule has 1 N–H and O–H groups in total. The maximum absolute atomic E-state index is 10.4. The molecule has 0 unspecified atom stereocenters. The monoisotopic (exact) mass is 526 g/mol. The molecule has 0 spiro atoms. The topological polar surface area (TPSA) is 73.6 Å². The number of imidazole rings is 1. The van der Waals surface area contributed by atoms with Crippen LogP contribution in [0, 0.1) is 6.07 Å². The Morgan fingerprint density at radius 3 is 2.24 bits per heavy atom. The van der Waals surface area contributed by atoms with Gasteiger partial charge in [-0.05, 0) is 27.0 Å². The Kier molecular flexibility index (Phi) is 9.83. The molecule has 1 aromatic heterocycles. The Hall–Kier alpha value is -2.07. The van der Waals surface area contributed by atoms with Crippen molar-refractivity contribution in [1.29, 1.82) is 0 Å². The van der Waals surface area contributed by atoms with Crippen molar-refractivity contribution in [2.75, 3.05) is 14.2 Å². The van der Waals surface area contributed by atoms with Gasteiger partial charge in [0, 0.05) is 50.9 Å². The SMILES string of the molecule is CC(=O)/C(C)=C(/C)O.COc1c[c-]c(-c2cn(C)cn2)c(OC)c1.[Pt]. The van der Waals surface area contributed by atoms with Gasteiger partial charge in [-0.2, -0.15) is 0 Å². The third-order valence-electron chi connectivity index (χ3n) is 3.37. The number of Topliss-reactive ketones (excluding diaryl/α,β-unsaturated/α-hetero) is 1. The second kappa shape index (κ2) is 10.7. The van der Waals surface area contributed by atoms with E-state index in [9.17, 15) is 4.79 Å². The van der Waals surface area contributed by atoms with Gasteiger partial charge in [-0.15, -0.1) is 12.1 Å². The van der Waals surface area contributed by atoms with Crippen LogP contribution < -0.4 is 9.47 Å². The third-order valence-corrected chi connectivity index (χ3v) is 3.37. The summed E-state index contributed by atoms with van der Waals surface area (Å²) in [6.07, 6.45) is 3.66. The predicted octanol–water partition coefficient (Wildman–Crippen LogP) is 3.33. The molecule has 25 heavy (non-hydrogen) atoms. The molecule has 6 nitrogen and oxygen atoms in total. The number of aromatic nitrogens is 2. The summed E-state index contributed by atoms with van der Waals surface area (Å²) >= 11 is 0. The second-order valence-electron chi connectivity index (χ2n) is 5.17. The Labute approximate surface area is 162 Å². The summed E-state index contributed by atoms with van der Waals surface area (Å²) in [5.41, 5.74) is 2.11. The maximum atomic E-state index is 10.4. The van der Waals surface area contributed by atoms with Crippen LogP contribution in [0.25, 0.3) is 11.3 Å². The van der Waals surface area contributed by atoms with E-state index < -0.39 is 0 Å². The molecule has 0 radical (unpaired) electrons. The molecule has 140 valence electrons. The number of methoxy groups -OCH3 is 2. The zero-order chi connectivity index (χ0) is 18.3. The van der Waals surface area contributed by atoms with Crippen LogP contribution >= 0.6 is 0 Å². The molecule has 0 amide bonds. The number of ketones is 1. The molecule has 2 aromatic rings. The number of ether oxygens (including phenoxy) is 2. The Bertz CT molecular complexity index is 734. The molecule has 1 heterocycles. The van der Waals surface area contributed by atoms with Crippen molar-refractivity contribution in [3.8, 4) is 22.8 Å². The molecular formula is C18H23N2O4Pt-. The van der Waals surface area contributed by atoms with Crippen LogP contribution in [0.15, 0.2) is 36.0 Å². The van der Waals surface area contributed by atoms with E-state index in [1.165, 1.54) is 13.8 Å². The van der Waals surface area contributed by atoms with Crippen LogP contribution in [0.3, 0.4) is 0 Å². The zero-order valence-corrected chi connectivity index (χ0v) is 17.5. The van der Waals surface area contributed by atoms with Crippen molar-refractivity contribution in [2.45, 2.75) is 20.8 Å². The first-order valence-electron chi connectivity index (χ1n) is 7.29. The van der Waals surface area contributed by atoms with Gasteiger partial charge in [-0.25, -0.2) is 0 Å². The number of hydrogen-bond acceptors (Lipinski definition) is 5. The summed E-state index contributed by atoms with van der Waals surface area (Å²) in [4.78, 5) is 14.6. The molecule has 0 atom stereocenters. The average molecular weight is 526 g/mol. The Morgan fingerprint density at radius 1 is 1.24 bits per heavy atom. The van der Waals surface area contributed by atoms with Crippen molar-refractivity contribution < 1.29 is 40.4 Å². The van der Waals surface area contributed by atoms with Gasteiger partial charge in [0.15, 0.2) is 5.78 Å². The Morgan fingerprint density at radius 2 is 1.88 bits per heavy atom. The number of rotatable bonds is 4. The fourth-order valence-corrected chi connectivity index (χ4v) is 1.73. The number of nitrogens with zero attached hydrogens (tertiary/aromatic N) is 2. The van der Waals surface area contributed by atoms with Crippen molar-refractivity contribution in [3.63, 3.8) is 0 Å². The summed E-state index contributed by atoms with van der Waals surface area (Å²) in [5.74, 6) is 1.46. The molecule has 0 saturated heterocycles. The predicted molar refractivity (Wildman–Crippen MR) is 92.3 cm³/mol. The summed E-state index contributed by atoms with van der Waals surface area (Å²) in [7, 11) is 5.16. The van der Waals surface area contributed by atoms with Crippen LogP contribution in [0.2, 0.25) is 0 Å². The van der Waals surface area contributed by atoms with E-state index in [0.717, 1.165) is 17.0 Å². The molecule has 1 aromatic carbocycles. The first kappa shape index (κ1) is 22.9. The van der Waals surface area contributed by atoms with Gasteiger partial charge in [-0.1, -0.05) is 11.6 Å². The molecule has 0 bridgehead atoms. The van der Waals surface area contributed by atoms with Crippen LogP contribution in [-0.4, -0.2) is 34.7 Å². The van der Waals surface area contributed by atoms with E-state index in [-0.39, 0.29) is 32.6 Å². The number of carbonyl (C=O) groups is 1. The van der Waals surface area contributed by atoms with E-state index in [1.807, 2.05) is 23.9 Å². The normalized spacial score (nSPS) is 10.6. The first-order valence-corrected chi connectivity index (χ1v) is 7.29. The van der Waals surface area contributed by atoms with Gasteiger partial charge in [0.25, 0.3) is 0 Å². The number of aliphatic hydroxyl groups is 1. The fourth-order valence-electron chi connectivity index (χ4n) is 1.73. The molecule has 7 heteroatoms. The number of hydrogen-bond donors (Lipinski definition) is 1. The maximum Gasteiger partial charge on any atom is 0.158 e. The molecule has 0 aliphatic heterocycles. The minimum atomic E-state index is -0.0787. The third kappa shape index (κ3) is 6.75. The van der Waals surface area contributed by atoms with Gasteiger partial charge >= 0.3 is 0 Å². The number of aliphatic hydroxyl groups excluding tert-OH is 1. The molecule has 0 fully saturated rings. The standard InChI is InChI=1S/C12H13N2O2.C6H10O2.Pt/c1-14-7-11(13-8-14)10-5-4-9(15-2)6-12(10)16-3;1-4(5(2)7)6(3)8;/h4,6-8H,1-3H3;7H,1-3H3;/q-1;;/b;5-4-;. The van der Waals surface area contributed by atoms with Crippen molar-refractivity contribution in [1.82, 2.24) is 9.55 Å². The second-order valence-corrected chi connectivity index (χ2v) is 5.17. The summed E-state index contributed by atoms with van der Waals surface area (Å²) in [6, 6.07) is 6.70. The quantitative estimate of drug-likeness (QED) is 0.376. The summed E-state index contributed by atoms with van der Waals surface area (Å²) in [5, 5.41) is 8.65. The van der Waals surface area contributed by atoms with Crippen LogP contribution in [0.1, 0.15) is 20.8 Å². The summed E-state index contributed by atoms with van der Waals surface area (Å²) in [6.45, 7) is 4.52. The van der Waals surface area contributed by atoms with Crippen molar-refractivity contribution in [3.05, 3.63) is 42.1 Å². The zero-order valence-electron chi connectivity index (χ0n) is 15.2. The van der Waals surface area contributed by atoms with Crippen LogP contribution in [0.4, 0.5) is 0 Å². The molecule has 0 saturated carbocycles. The smallest absolute Gasteiger partial charge is 0.158 e. The van der Waals surface area contributed by atoms with Crippen LogP contribution in [-0.2, 0) is 32.9 Å². The van der Waals surface area contributed by atoms with E-state index in [1.54, 1.807) is 33.5 Å². The first-order chi connectivity index (χ1) is 11.3. The number of aryl methyl sites for hydroxylation is 1. The van der Waals surface area contributed by atoms with Crippen LogP contribution in [0.5, 0.6) is 11.5 Å². The van der Waals surface area contributed by atoms with E-state index in [0.29, 0.717) is 11.3 Å². The van der Waals surface area contributed by atoms with E-state index >= 15 is 0 Å². The van der Waals surface area contributed by atoms with Gasteiger partial charge in [0.1, 0.15) is 0 Å². The fraction of sp³-hybridized carbons (Fsp3) is 0.333. The van der Waals surface area contributed by atoms with E-state index in [4.69, 9.17) is 14.6 Å². The van der Waals surface area contributed by atoms with Gasteiger partial charge in [-0.3, -0.25) is 9.78 Å². The minimum Gasteiger partial charge on any atom is -0.540 e. The van der Waals surface area contributed by atoms with Gasteiger partial charge < -0.3 is 19.1 Å². The molecule has 2 rings (SSSR count). The minimum absolute atomic E-state index is 0. The average Bonchev–Trinajstić information content (AvgIpc) is 3.00. The molecule has 0 aliphatic rings. The van der Waals surface area contributed by atoms with E-state index in [2.05, 4.69) is 11.1 Å². The number of carbonyl (C=O) groups excluding carboxylic acids is 1. The number of allylic oxidation sites excluding steroid dienone is 2. The van der Waals surface area contributed by atoms with Crippen molar-refractivity contribution >= 4 is 5.78 Å². The summed E-state index contributed by atoms with van der Waals surface area (Å²) < 4.78 is 12.3. The molecular weight excluding hydrogens is 503 g/mol.